The zero-order chi connectivity index (χ0) is 15.4. The Morgan fingerprint density at radius 3 is 2.73 bits per heavy atom. The lowest BCUT2D eigenvalue weighted by Gasteiger charge is -2.20. The Morgan fingerprint density at radius 1 is 1.36 bits per heavy atom. The lowest BCUT2D eigenvalue weighted by molar-refractivity contribution is -0.136. The molecule has 0 saturated carbocycles. The first kappa shape index (κ1) is 18.5. The Morgan fingerprint density at radius 2 is 2.09 bits per heavy atom. The molecule has 1 aliphatic rings. The van der Waals surface area contributed by atoms with Crippen molar-refractivity contribution in [1.82, 2.24) is 10.2 Å². The van der Waals surface area contributed by atoms with Gasteiger partial charge in [-0.05, 0) is 44.0 Å². The number of rotatable bonds is 4. The zero-order valence-corrected chi connectivity index (χ0v) is 14.1. The molecule has 1 aromatic carbocycles. The average molecular weight is 326 g/mol. The number of halogens is 1. The predicted molar refractivity (Wildman–Crippen MR) is 90.4 cm³/mol. The first-order chi connectivity index (χ1) is 9.99. The van der Waals surface area contributed by atoms with E-state index in [1.165, 1.54) is 4.90 Å². The molecule has 1 saturated heterocycles. The van der Waals surface area contributed by atoms with Gasteiger partial charge in [-0.15, -0.1) is 12.4 Å². The number of likely N-dealkylation sites (N-methyl/N-ethyl adjacent to an activating group) is 1. The van der Waals surface area contributed by atoms with Gasteiger partial charge in [-0.1, -0.05) is 12.1 Å². The second-order valence-corrected chi connectivity index (χ2v) is 5.68. The third-order valence-corrected chi connectivity index (χ3v) is 4.05. The topological polar surface area (TPSA) is 61.4 Å². The number of nitrogens with one attached hydrogen (secondary N) is 2. The summed E-state index contributed by atoms with van der Waals surface area (Å²) < 4.78 is 0. The van der Waals surface area contributed by atoms with E-state index in [1.54, 1.807) is 7.05 Å². The van der Waals surface area contributed by atoms with E-state index >= 15 is 0 Å². The van der Waals surface area contributed by atoms with Gasteiger partial charge in [0.2, 0.25) is 11.8 Å². The summed E-state index contributed by atoms with van der Waals surface area (Å²) in [6, 6.07) is 5.80. The van der Waals surface area contributed by atoms with Crippen molar-refractivity contribution in [2.24, 2.45) is 5.92 Å². The molecule has 1 fully saturated rings. The van der Waals surface area contributed by atoms with Crippen LogP contribution in [0.3, 0.4) is 0 Å². The third-order valence-electron chi connectivity index (χ3n) is 4.05. The van der Waals surface area contributed by atoms with E-state index in [4.69, 9.17) is 0 Å². The number of nitrogens with zero attached hydrogens (tertiary/aromatic N) is 1. The first-order valence-corrected chi connectivity index (χ1v) is 7.31. The molecule has 1 atom stereocenters. The van der Waals surface area contributed by atoms with Crippen LogP contribution in [0.15, 0.2) is 18.2 Å². The highest BCUT2D eigenvalue weighted by molar-refractivity contribution is 5.95. The van der Waals surface area contributed by atoms with Gasteiger partial charge in [0.15, 0.2) is 0 Å². The van der Waals surface area contributed by atoms with E-state index in [1.807, 2.05) is 32.0 Å². The lowest BCUT2D eigenvalue weighted by Crippen LogP contribution is -2.39. The minimum atomic E-state index is -0.162. The molecular formula is C16H24ClN3O2. The van der Waals surface area contributed by atoms with Gasteiger partial charge in [0.1, 0.15) is 0 Å². The summed E-state index contributed by atoms with van der Waals surface area (Å²) in [7, 11) is 1.68. The fourth-order valence-corrected chi connectivity index (χ4v) is 2.55. The summed E-state index contributed by atoms with van der Waals surface area (Å²) in [6.45, 7) is 5.65. The predicted octanol–water partition coefficient (Wildman–Crippen LogP) is 1.73. The van der Waals surface area contributed by atoms with Crippen molar-refractivity contribution >= 4 is 29.9 Å². The van der Waals surface area contributed by atoms with Crippen LogP contribution >= 0.6 is 12.4 Å². The van der Waals surface area contributed by atoms with Crippen molar-refractivity contribution in [2.75, 3.05) is 32.0 Å². The molecule has 1 unspecified atom stereocenters. The van der Waals surface area contributed by atoms with Crippen LogP contribution in [0.25, 0.3) is 0 Å². The van der Waals surface area contributed by atoms with Gasteiger partial charge in [-0.25, -0.2) is 0 Å². The number of benzene rings is 1. The molecule has 1 heterocycles. The van der Waals surface area contributed by atoms with E-state index in [2.05, 4.69) is 10.6 Å². The summed E-state index contributed by atoms with van der Waals surface area (Å²) >= 11 is 0. The van der Waals surface area contributed by atoms with Crippen LogP contribution in [-0.2, 0) is 9.59 Å². The molecule has 1 aliphatic heterocycles. The number of carbonyl (C=O) groups excluding carboxylic acids is 2. The summed E-state index contributed by atoms with van der Waals surface area (Å²) in [5.74, 6) is -0.120. The minimum Gasteiger partial charge on any atom is -0.336 e. The first-order valence-electron chi connectivity index (χ1n) is 7.31. The molecule has 6 heteroatoms. The van der Waals surface area contributed by atoms with Crippen LogP contribution in [0.5, 0.6) is 0 Å². The molecule has 122 valence electrons. The van der Waals surface area contributed by atoms with Crippen LogP contribution in [0.4, 0.5) is 5.69 Å². The largest absolute Gasteiger partial charge is 0.336 e. The maximum atomic E-state index is 12.2. The summed E-state index contributed by atoms with van der Waals surface area (Å²) in [5.41, 5.74) is 3.00. The molecule has 22 heavy (non-hydrogen) atoms. The maximum Gasteiger partial charge on any atom is 0.243 e. The highest BCUT2D eigenvalue weighted by atomic mass is 35.5. The second-order valence-electron chi connectivity index (χ2n) is 5.68. The lowest BCUT2D eigenvalue weighted by atomic mass is 10.1. The molecule has 2 amide bonds. The summed E-state index contributed by atoms with van der Waals surface area (Å²) in [4.78, 5) is 25.8. The average Bonchev–Trinajstić information content (AvgIpc) is 2.97. The van der Waals surface area contributed by atoms with Crippen LogP contribution in [0.2, 0.25) is 0 Å². The van der Waals surface area contributed by atoms with Gasteiger partial charge >= 0.3 is 0 Å². The van der Waals surface area contributed by atoms with E-state index in [0.717, 1.165) is 29.8 Å². The Labute approximate surface area is 137 Å². The molecule has 2 N–H and O–H groups in total. The quantitative estimate of drug-likeness (QED) is 0.886. The molecule has 0 aliphatic carbocycles. The highest BCUT2D eigenvalue weighted by Crippen LogP contribution is 2.18. The number of aryl methyl sites for hydroxylation is 1. The number of hydrogen-bond acceptors (Lipinski definition) is 3. The highest BCUT2D eigenvalue weighted by Gasteiger charge is 2.26. The number of hydrogen-bond donors (Lipinski definition) is 2. The molecule has 0 radical (unpaired) electrons. The Hall–Kier alpha value is -1.59. The van der Waals surface area contributed by atoms with E-state index < -0.39 is 0 Å². The van der Waals surface area contributed by atoms with Gasteiger partial charge in [-0.3, -0.25) is 9.59 Å². The zero-order valence-electron chi connectivity index (χ0n) is 13.3. The Balaban J connectivity index is 0.00000242. The second kappa shape index (κ2) is 8.15. The summed E-state index contributed by atoms with van der Waals surface area (Å²) in [5, 5.41) is 6.05. The van der Waals surface area contributed by atoms with E-state index in [-0.39, 0.29) is 36.7 Å². The minimum absolute atomic E-state index is 0. The molecular weight excluding hydrogens is 302 g/mol. The number of amides is 2. The van der Waals surface area contributed by atoms with Crippen molar-refractivity contribution in [3.05, 3.63) is 29.3 Å². The van der Waals surface area contributed by atoms with Gasteiger partial charge in [0, 0.05) is 19.3 Å². The third kappa shape index (κ3) is 4.45. The molecule has 1 aromatic rings. The smallest absolute Gasteiger partial charge is 0.243 e. The van der Waals surface area contributed by atoms with Crippen molar-refractivity contribution in [3.8, 4) is 0 Å². The molecule has 0 spiro atoms. The van der Waals surface area contributed by atoms with Gasteiger partial charge < -0.3 is 15.5 Å². The van der Waals surface area contributed by atoms with Crippen LogP contribution in [0.1, 0.15) is 17.5 Å². The van der Waals surface area contributed by atoms with Crippen molar-refractivity contribution < 1.29 is 9.59 Å². The normalized spacial score (nSPS) is 16.8. The SMILES string of the molecule is Cc1cccc(NC(=O)CN(C)C(=O)C2CCNC2)c1C.Cl. The van der Waals surface area contributed by atoms with Crippen LogP contribution in [0, 0.1) is 19.8 Å². The van der Waals surface area contributed by atoms with Crippen LogP contribution < -0.4 is 10.6 Å². The van der Waals surface area contributed by atoms with Gasteiger partial charge in [0.25, 0.3) is 0 Å². The Kier molecular flexibility index (Phi) is 6.84. The van der Waals surface area contributed by atoms with Gasteiger partial charge in [-0.2, -0.15) is 0 Å². The van der Waals surface area contributed by atoms with Crippen molar-refractivity contribution in [3.63, 3.8) is 0 Å². The van der Waals surface area contributed by atoms with Crippen LogP contribution in [-0.4, -0.2) is 43.4 Å². The fourth-order valence-electron chi connectivity index (χ4n) is 2.55. The van der Waals surface area contributed by atoms with Crippen molar-refractivity contribution in [1.29, 1.82) is 0 Å². The maximum absolute atomic E-state index is 12.2. The molecule has 0 aromatic heterocycles. The number of anilines is 1. The standard InChI is InChI=1S/C16H23N3O2.ClH/c1-11-5-4-6-14(12(11)2)18-15(20)10-19(3)16(21)13-7-8-17-9-13;/h4-6,13,17H,7-10H2,1-3H3,(H,18,20);1H. The summed E-state index contributed by atoms with van der Waals surface area (Å²) in [6.07, 6.45) is 0.849. The van der Waals surface area contributed by atoms with E-state index in [9.17, 15) is 9.59 Å². The van der Waals surface area contributed by atoms with E-state index in [0.29, 0.717) is 6.54 Å². The number of carbonyl (C=O) groups is 2. The molecule has 0 bridgehead atoms. The van der Waals surface area contributed by atoms with Crippen molar-refractivity contribution in [2.45, 2.75) is 20.3 Å². The molecule has 2 rings (SSSR count). The Bertz CT molecular complexity index is 542. The van der Waals surface area contributed by atoms with Gasteiger partial charge in [0.05, 0.1) is 12.5 Å². The molecule has 5 nitrogen and oxygen atoms in total. The monoisotopic (exact) mass is 325 g/mol. The fraction of sp³-hybridized carbons (Fsp3) is 0.500.